The summed E-state index contributed by atoms with van der Waals surface area (Å²) in [5.74, 6) is -2.44. The van der Waals surface area contributed by atoms with Crippen molar-refractivity contribution in [2.45, 2.75) is 17.5 Å². The number of hydrogen-bond acceptors (Lipinski definition) is 6. The van der Waals surface area contributed by atoms with Crippen molar-refractivity contribution in [3.8, 4) is 0 Å². The van der Waals surface area contributed by atoms with Gasteiger partial charge < -0.3 is 0 Å². The predicted molar refractivity (Wildman–Crippen MR) is 109 cm³/mol. The highest BCUT2D eigenvalue weighted by Gasteiger charge is 2.46. The molecule has 0 spiro atoms. The minimum atomic E-state index is -3.82. The number of sulfone groups is 1. The minimum Gasteiger partial charge on any atom is -0.289 e. The van der Waals surface area contributed by atoms with Gasteiger partial charge in [0.1, 0.15) is 5.82 Å². The predicted octanol–water partition coefficient (Wildman–Crippen LogP) is 3.17. The van der Waals surface area contributed by atoms with Crippen LogP contribution in [-0.2, 0) is 15.3 Å². The van der Waals surface area contributed by atoms with Crippen molar-refractivity contribution in [3.63, 3.8) is 0 Å². The van der Waals surface area contributed by atoms with Crippen molar-refractivity contribution < 1.29 is 22.0 Å². The van der Waals surface area contributed by atoms with Gasteiger partial charge in [-0.15, -0.1) is 0 Å². The first-order chi connectivity index (χ1) is 14.5. The van der Waals surface area contributed by atoms with Gasteiger partial charge >= 0.3 is 0 Å². The number of carbonyl (C=O) groups is 1. The zero-order valence-corrected chi connectivity index (χ0v) is 17.9. The Bertz CT molecular complexity index is 1340. The standard InChI is InChI=1S/C20H15ClF2N4O3S/c1-20(12-5-3-6-13(21)15(12)23)10-27(17-14(22)7-4-8-24-17)18(28)11-9-25-19(26-16(11)20)31(2,29)30/h3-9H,10H2,1-2H3. The van der Waals surface area contributed by atoms with Gasteiger partial charge in [-0.25, -0.2) is 32.2 Å². The minimum absolute atomic E-state index is 0.00156. The third-order valence-electron chi connectivity index (χ3n) is 5.11. The molecule has 1 amide bonds. The van der Waals surface area contributed by atoms with Gasteiger partial charge in [-0.3, -0.25) is 9.69 Å². The summed E-state index contributed by atoms with van der Waals surface area (Å²) in [7, 11) is -3.82. The molecule has 1 aliphatic heterocycles. The zero-order chi connectivity index (χ0) is 22.6. The van der Waals surface area contributed by atoms with Crippen molar-refractivity contribution >= 4 is 33.2 Å². The van der Waals surface area contributed by atoms with Gasteiger partial charge in [0.25, 0.3) is 5.91 Å². The first-order valence-electron chi connectivity index (χ1n) is 8.98. The lowest BCUT2D eigenvalue weighted by Gasteiger charge is -2.40. The van der Waals surface area contributed by atoms with Crippen LogP contribution in [0.15, 0.2) is 47.9 Å². The molecule has 160 valence electrons. The van der Waals surface area contributed by atoms with Gasteiger partial charge in [-0.1, -0.05) is 23.7 Å². The summed E-state index contributed by atoms with van der Waals surface area (Å²) in [5, 5.41) is -0.671. The van der Waals surface area contributed by atoms with Crippen LogP contribution in [0, 0.1) is 11.6 Å². The quantitative estimate of drug-likeness (QED) is 0.553. The number of carbonyl (C=O) groups excluding carboxylic acids is 1. The summed E-state index contributed by atoms with van der Waals surface area (Å²) < 4.78 is 53.6. The molecular weight excluding hydrogens is 450 g/mol. The van der Waals surface area contributed by atoms with Crippen LogP contribution in [-0.4, -0.2) is 42.1 Å². The Morgan fingerprint density at radius 2 is 1.90 bits per heavy atom. The van der Waals surface area contributed by atoms with Crippen LogP contribution in [0.4, 0.5) is 14.6 Å². The van der Waals surface area contributed by atoms with Crippen LogP contribution in [0.1, 0.15) is 28.5 Å². The number of aromatic nitrogens is 3. The fourth-order valence-corrected chi connectivity index (χ4v) is 4.30. The number of hydrogen-bond donors (Lipinski definition) is 0. The molecule has 0 saturated carbocycles. The average Bonchev–Trinajstić information content (AvgIpc) is 2.72. The first kappa shape index (κ1) is 21.3. The van der Waals surface area contributed by atoms with E-state index in [9.17, 15) is 17.6 Å². The molecule has 1 aliphatic rings. The largest absolute Gasteiger partial charge is 0.289 e. The maximum absolute atomic E-state index is 15.1. The second-order valence-electron chi connectivity index (χ2n) is 7.32. The maximum atomic E-state index is 15.1. The highest BCUT2D eigenvalue weighted by Crippen LogP contribution is 2.41. The summed E-state index contributed by atoms with van der Waals surface area (Å²) in [4.78, 5) is 26.1. The molecule has 0 aliphatic carbocycles. The van der Waals surface area contributed by atoms with Crippen molar-refractivity contribution in [1.82, 2.24) is 15.0 Å². The molecule has 11 heteroatoms. The average molecular weight is 465 g/mol. The highest BCUT2D eigenvalue weighted by molar-refractivity contribution is 7.90. The van der Waals surface area contributed by atoms with Crippen LogP contribution in [0.3, 0.4) is 0 Å². The number of amides is 1. The molecule has 1 aromatic carbocycles. The van der Waals surface area contributed by atoms with Crippen LogP contribution in [0.25, 0.3) is 0 Å². The van der Waals surface area contributed by atoms with Gasteiger partial charge in [0.15, 0.2) is 11.6 Å². The third-order valence-corrected chi connectivity index (χ3v) is 6.26. The molecule has 3 heterocycles. The first-order valence-corrected chi connectivity index (χ1v) is 11.3. The molecule has 0 bridgehead atoms. The highest BCUT2D eigenvalue weighted by atomic mass is 35.5. The molecule has 0 saturated heterocycles. The lowest BCUT2D eigenvalue weighted by Crippen LogP contribution is -2.50. The molecule has 4 rings (SSSR count). The van der Waals surface area contributed by atoms with Crippen LogP contribution < -0.4 is 4.90 Å². The van der Waals surface area contributed by atoms with E-state index in [4.69, 9.17) is 11.6 Å². The van der Waals surface area contributed by atoms with E-state index in [0.717, 1.165) is 23.4 Å². The van der Waals surface area contributed by atoms with Gasteiger partial charge in [0.05, 0.1) is 21.7 Å². The fraction of sp³-hybridized carbons (Fsp3) is 0.200. The Hall–Kier alpha value is -2.98. The number of halogens is 3. The maximum Gasteiger partial charge on any atom is 0.263 e. The molecule has 3 aromatic rings. The Balaban J connectivity index is 2.03. The summed E-state index contributed by atoms with van der Waals surface area (Å²) >= 11 is 5.98. The smallest absolute Gasteiger partial charge is 0.263 e. The van der Waals surface area contributed by atoms with Gasteiger partial charge in [-0.05, 0) is 25.1 Å². The number of rotatable bonds is 3. The molecule has 0 N–H and O–H groups in total. The Labute approximate surface area is 181 Å². The molecule has 1 atom stereocenters. The van der Waals surface area contributed by atoms with E-state index in [1.807, 2.05) is 0 Å². The van der Waals surface area contributed by atoms with Gasteiger partial charge in [0, 0.05) is 30.8 Å². The number of fused-ring (bicyclic) bond motifs is 1. The SMILES string of the molecule is CC1(c2cccc(Cl)c2F)CN(c2ncccc2F)C(=O)c2cnc(S(C)(=O)=O)nc21. The monoisotopic (exact) mass is 464 g/mol. The molecule has 31 heavy (non-hydrogen) atoms. The van der Waals surface area contributed by atoms with E-state index in [1.54, 1.807) is 6.92 Å². The molecule has 0 fully saturated rings. The van der Waals surface area contributed by atoms with E-state index >= 15 is 4.39 Å². The van der Waals surface area contributed by atoms with Crippen molar-refractivity contribution in [2.75, 3.05) is 17.7 Å². The van der Waals surface area contributed by atoms with E-state index in [2.05, 4.69) is 15.0 Å². The van der Waals surface area contributed by atoms with Crippen molar-refractivity contribution in [3.05, 3.63) is 76.2 Å². The van der Waals surface area contributed by atoms with Crippen LogP contribution in [0.5, 0.6) is 0 Å². The number of pyridine rings is 1. The molecule has 7 nitrogen and oxygen atoms in total. The summed E-state index contributed by atoms with van der Waals surface area (Å²) in [5.41, 5.74) is -1.41. The zero-order valence-electron chi connectivity index (χ0n) is 16.3. The Kier molecular flexibility index (Phi) is 5.01. The summed E-state index contributed by atoms with van der Waals surface area (Å²) in [6.45, 7) is 1.31. The molecule has 1 unspecified atom stereocenters. The second-order valence-corrected chi connectivity index (χ2v) is 9.64. The van der Waals surface area contributed by atoms with E-state index < -0.39 is 38.0 Å². The lowest BCUT2D eigenvalue weighted by molar-refractivity contribution is 0.0966. The van der Waals surface area contributed by atoms with Gasteiger partial charge in [-0.2, -0.15) is 0 Å². The van der Waals surface area contributed by atoms with Crippen molar-refractivity contribution in [2.24, 2.45) is 0 Å². The van der Waals surface area contributed by atoms with Gasteiger partial charge in [0.2, 0.25) is 15.0 Å². The summed E-state index contributed by atoms with van der Waals surface area (Å²) in [6, 6.07) is 6.85. The number of benzene rings is 1. The third kappa shape index (κ3) is 3.45. The lowest BCUT2D eigenvalue weighted by atomic mass is 9.74. The number of anilines is 1. The van der Waals surface area contributed by atoms with E-state index in [0.29, 0.717) is 0 Å². The molecular formula is C20H15ClF2N4O3S. The van der Waals surface area contributed by atoms with Crippen LogP contribution >= 0.6 is 11.6 Å². The number of nitrogens with zero attached hydrogens (tertiary/aromatic N) is 4. The second kappa shape index (κ2) is 7.31. The summed E-state index contributed by atoms with van der Waals surface area (Å²) in [6.07, 6.45) is 3.29. The fourth-order valence-electron chi connectivity index (χ4n) is 3.62. The Morgan fingerprint density at radius 1 is 1.16 bits per heavy atom. The molecule has 0 radical (unpaired) electrons. The molecule has 2 aromatic heterocycles. The van der Waals surface area contributed by atoms with Crippen molar-refractivity contribution in [1.29, 1.82) is 0 Å². The Morgan fingerprint density at radius 3 is 2.58 bits per heavy atom. The van der Waals surface area contributed by atoms with E-state index in [1.165, 1.54) is 30.5 Å². The topological polar surface area (TPSA) is 93.1 Å². The van der Waals surface area contributed by atoms with Crippen LogP contribution in [0.2, 0.25) is 5.02 Å². The normalized spacial score (nSPS) is 18.7. The van der Waals surface area contributed by atoms with E-state index in [-0.39, 0.29) is 34.2 Å².